The average Bonchev–Trinajstić information content (AvgIpc) is 2.01. The Morgan fingerprint density at radius 1 is 1.58 bits per heavy atom. The van der Waals surface area contributed by atoms with Crippen molar-refractivity contribution in [3.8, 4) is 0 Å². The standard InChI is InChI=1S/C7H15NO4/c1-4(2)5(10)7(8,3-9)6(11)12/h4-5,9-10H,3,8H2,1-2H3,(H,11,12)/t5-,7+/m1/s1. The number of rotatable bonds is 4. The van der Waals surface area contributed by atoms with Gasteiger partial charge in [-0.2, -0.15) is 0 Å². The van der Waals surface area contributed by atoms with Crippen molar-refractivity contribution in [2.45, 2.75) is 25.5 Å². The molecule has 0 aromatic rings. The van der Waals surface area contributed by atoms with Crippen molar-refractivity contribution < 1.29 is 20.1 Å². The van der Waals surface area contributed by atoms with E-state index in [1.54, 1.807) is 13.8 Å². The van der Waals surface area contributed by atoms with Crippen LogP contribution in [0.1, 0.15) is 13.8 Å². The van der Waals surface area contributed by atoms with Crippen molar-refractivity contribution in [1.29, 1.82) is 0 Å². The lowest BCUT2D eigenvalue weighted by molar-refractivity contribution is -0.152. The number of carboxylic acid groups (broad SMARTS) is 1. The third-order valence-corrected chi connectivity index (χ3v) is 1.82. The number of aliphatic hydroxyl groups excluding tert-OH is 2. The maximum atomic E-state index is 10.6. The van der Waals surface area contributed by atoms with E-state index in [0.717, 1.165) is 0 Å². The highest BCUT2D eigenvalue weighted by molar-refractivity contribution is 5.79. The molecule has 0 saturated carbocycles. The van der Waals surface area contributed by atoms with Gasteiger partial charge in [0.25, 0.3) is 0 Å². The zero-order chi connectivity index (χ0) is 9.94. The molecule has 72 valence electrons. The van der Waals surface area contributed by atoms with Gasteiger partial charge in [-0.1, -0.05) is 13.8 Å². The first-order valence-electron chi connectivity index (χ1n) is 3.67. The Bertz CT molecular complexity index is 171. The first-order valence-corrected chi connectivity index (χ1v) is 3.67. The molecule has 0 aromatic carbocycles. The lowest BCUT2D eigenvalue weighted by Gasteiger charge is -2.30. The molecule has 0 aromatic heterocycles. The van der Waals surface area contributed by atoms with Crippen LogP contribution in [0.2, 0.25) is 0 Å². The second kappa shape index (κ2) is 3.84. The van der Waals surface area contributed by atoms with Gasteiger partial charge in [0.1, 0.15) is 0 Å². The first-order chi connectivity index (χ1) is 5.36. The second-order valence-corrected chi connectivity index (χ2v) is 3.19. The molecular formula is C7H15NO4. The van der Waals surface area contributed by atoms with Gasteiger partial charge in [-0.05, 0) is 5.92 Å². The van der Waals surface area contributed by atoms with Gasteiger partial charge in [0.2, 0.25) is 0 Å². The maximum absolute atomic E-state index is 10.6. The van der Waals surface area contributed by atoms with E-state index in [4.69, 9.17) is 15.9 Å². The van der Waals surface area contributed by atoms with Crippen molar-refractivity contribution >= 4 is 5.97 Å². The molecule has 0 heterocycles. The number of hydrogen-bond acceptors (Lipinski definition) is 4. The molecule has 0 radical (unpaired) electrons. The van der Waals surface area contributed by atoms with Gasteiger partial charge in [0.15, 0.2) is 5.54 Å². The highest BCUT2D eigenvalue weighted by atomic mass is 16.4. The molecule has 0 amide bonds. The summed E-state index contributed by atoms with van der Waals surface area (Å²) in [5.41, 5.74) is 3.33. The van der Waals surface area contributed by atoms with Crippen LogP contribution in [0.3, 0.4) is 0 Å². The predicted octanol–water partition coefficient (Wildman–Crippen LogP) is -1.22. The zero-order valence-corrected chi connectivity index (χ0v) is 7.19. The molecule has 5 heteroatoms. The third kappa shape index (κ3) is 1.94. The average molecular weight is 177 g/mol. The van der Waals surface area contributed by atoms with Crippen molar-refractivity contribution in [2.24, 2.45) is 11.7 Å². The summed E-state index contributed by atoms with van der Waals surface area (Å²) in [7, 11) is 0. The van der Waals surface area contributed by atoms with Gasteiger partial charge in [-0.25, -0.2) is 0 Å². The van der Waals surface area contributed by atoms with E-state index in [1.807, 2.05) is 0 Å². The summed E-state index contributed by atoms with van der Waals surface area (Å²) >= 11 is 0. The molecule has 12 heavy (non-hydrogen) atoms. The second-order valence-electron chi connectivity index (χ2n) is 3.19. The van der Waals surface area contributed by atoms with E-state index in [-0.39, 0.29) is 5.92 Å². The molecule has 0 bridgehead atoms. The summed E-state index contributed by atoms with van der Waals surface area (Å²) in [6, 6.07) is 0. The Balaban J connectivity index is 4.63. The summed E-state index contributed by atoms with van der Waals surface area (Å²) in [6.07, 6.45) is -1.25. The van der Waals surface area contributed by atoms with Crippen LogP contribution in [0.5, 0.6) is 0 Å². The van der Waals surface area contributed by atoms with E-state index in [1.165, 1.54) is 0 Å². The molecule has 0 aliphatic heterocycles. The van der Waals surface area contributed by atoms with Gasteiger partial charge in [-0.15, -0.1) is 0 Å². The molecule has 0 rings (SSSR count). The fraction of sp³-hybridized carbons (Fsp3) is 0.857. The van der Waals surface area contributed by atoms with Crippen molar-refractivity contribution in [3.63, 3.8) is 0 Å². The topological polar surface area (TPSA) is 104 Å². The first kappa shape index (κ1) is 11.4. The number of carbonyl (C=O) groups is 1. The van der Waals surface area contributed by atoms with Crippen LogP contribution in [0.15, 0.2) is 0 Å². The van der Waals surface area contributed by atoms with Crippen LogP contribution in [0.25, 0.3) is 0 Å². The molecule has 0 aliphatic rings. The normalized spacial score (nSPS) is 18.8. The highest BCUT2D eigenvalue weighted by Crippen LogP contribution is 2.15. The minimum atomic E-state index is -1.95. The number of carboxylic acids is 1. The van der Waals surface area contributed by atoms with E-state index >= 15 is 0 Å². The highest BCUT2D eigenvalue weighted by Gasteiger charge is 2.42. The number of aliphatic carboxylic acids is 1. The van der Waals surface area contributed by atoms with Gasteiger partial charge >= 0.3 is 5.97 Å². The Hall–Kier alpha value is -0.650. The molecule has 0 spiro atoms. The maximum Gasteiger partial charge on any atom is 0.328 e. The van der Waals surface area contributed by atoms with E-state index in [0.29, 0.717) is 0 Å². The SMILES string of the molecule is CC(C)[C@@H](O)[C@@](N)(CO)C(=O)O. The summed E-state index contributed by atoms with van der Waals surface area (Å²) in [6.45, 7) is 2.48. The van der Waals surface area contributed by atoms with E-state index in [9.17, 15) is 9.90 Å². The minimum absolute atomic E-state index is 0.307. The zero-order valence-electron chi connectivity index (χ0n) is 7.19. The molecule has 0 fully saturated rings. The Kier molecular flexibility index (Phi) is 3.63. The fourth-order valence-electron chi connectivity index (χ4n) is 0.882. The van der Waals surface area contributed by atoms with Crippen LogP contribution in [-0.2, 0) is 4.79 Å². The van der Waals surface area contributed by atoms with Crippen molar-refractivity contribution in [1.82, 2.24) is 0 Å². The molecule has 0 saturated heterocycles. The molecular weight excluding hydrogens is 162 g/mol. The van der Waals surface area contributed by atoms with E-state index in [2.05, 4.69) is 0 Å². The molecule has 5 nitrogen and oxygen atoms in total. The van der Waals surface area contributed by atoms with Gasteiger partial charge in [0, 0.05) is 0 Å². The van der Waals surface area contributed by atoms with Gasteiger partial charge < -0.3 is 21.1 Å². The monoisotopic (exact) mass is 177 g/mol. The summed E-state index contributed by atoms with van der Waals surface area (Å²) in [4.78, 5) is 10.6. The fourth-order valence-corrected chi connectivity index (χ4v) is 0.882. The van der Waals surface area contributed by atoms with E-state index < -0.39 is 24.2 Å². The molecule has 0 aliphatic carbocycles. The molecule has 2 atom stereocenters. The number of hydrogen-bond donors (Lipinski definition) is 4. The largest absolute Gasteiger partial charge is 0.480 e. The number of nitrogens with two attached hydrogens (primary N) is 1. The van der Waals surface area contributed by atoms with Crippen LogP contribution < -0.4 is 5.73 Å². The van der Waals surface area contributed by atoms with Gasteiger partial charge in [0.05, 0.1) is 12.7 Å². The lowest BCUT2D eigenvalue weighted by Crippen LogP contribution is -2.61. The summed E-state index contributed by atoms with van der Waals surface area (Å²) in [5, 5.41) is 26.7. The van der Waals surface area contributed by atoms with Gasteiger partial charge in [-0.3, -0.25) is 4.79 Å². The minimum Gasteiger partial charge on any atom is -0.480 e. The number of aliphatic hydroxyl groups is 2. The Labute approximate surface area is 70.8 Å². The quantitative estimate of drug-likeness (QED) is 0.431. The summed E-state index contributed by atoms with van der Waals surface area (Å²) < 4.78 is 0. The Morgan fingerprint density at radius 3 is 2.08 bits per heavy atom. The Morgan fingerprint density at radius 2 is 2.00 bits per heavy atom. The van der Waals surface area contributed by atoms with Crippen molar-refractivity contribution in [2.75, 3.05) is 6.61 Å². The molecule has 5 N–H and O–H groups in total. The van der Waals surface area contributed by atoms with Crippen LogP contribution in [0.4, 0.5) is 0 Å². The lowest BCUT2D eigenvalue weighted by atomic mass is 9.87. The molecule has 0 unspecified atom stereocenters. The van der Waals surface area contributed by atoms with Crippen LogP contribution in [0, 0.1) is 5.92 Å². The summed E-state index contributed by atoms with van der Waals surface area (Å²) in [5.74, 6) is -1.70. The van der Waals surface area contributed by atoms with Crippen LogP contribution in [-0.4, -0.2) is 39.5 Å². The third-order valence-electron chi connectivity index (χ3n) is 1.82. The van der Waals surface area contributed by atoms with Crippen molar-refractivity contribution in [3.05, 3.63) is 0 Å². The van der Waals surface area contributed by atoms with Crippen LogP contribution >= 0.6 is 0 Å². The smallest absolute Gasteiger partial charge is 0.328 e. The predicted molar refractivity (Wildman–Crippen MR) is 42.5 cm³/mol.